The molecule has 0 aliphatic rings. The first-order valence-corrected chi connectivity index (χ1v) is 23.8. The van der Waals surface area contributed by atoms with E-state index in [2.05, 4.69) is 19.2 Å². The lowest BCUT2D eigenvalue weighted by Crippen LogP contribution is -2.50. The molecule has 0 spiro atoms. The molecule has 4 N–H and O–H groups in total. The van der Waals surface area contributed by atoms with Gasteiger partial charge in [0, 0.05) is 6.42 Å². The summed E-state index contributed by atoms with van der Waals surface area (Å²) in [7, 11) is 0. The van der Waals surface area contributed by atoms with Gasteiger partial charge in [0.05, 0.1) is 18.8 Å². The average Bonchev–Trinajstić information content (AvgIpc) is 3.15. The number of carbonyl (C=O) groups is 1. The smallest absolute Gasteiger partial charge is 0.220 e. The quantitative estimate of drug-likeness (QED) is 0.0469. The van der Waals surface area contributed by atoms with Crippen molar-refractivity contribution in [1.82, 2.24) is 5.32 Å². The van der Waals surface area contributed by atoms with Gasteiger partial charge < -0.3 is 20.6 Å². The number of hydrogen-bond donors (Lipinski definition) is 4. The second-order valence-electron chi connectivity index (χ2n) is 16.7. The zero-order valence-electron chi connectivity index (χ0n) is 35.5. The van der Waals surface area contributed by atoms with E-state index in [4.69, 9.17) is 0 Å². The molecule has 3 unspecified atom stereocenters. The lowest BCUT2D eigenvalue weighted by Gasteiger charge is -2.26. The summed E-state index contributed by atoms with van der Waals surface area (Å²) in [6.45, 7) is 4.19. The topological polar surface area (TPSA) is 89.8 Å². The van der Waals surface area contributed by atoms with Crippen molar-refractivity contribution in [2.24, 2.45) is 0 Å². The van der Waals surface area contributed by atoms with E-state index in [1.54, 1.807) is 0 Å². The molecule has 3 atom stereocenters. The maximum absolute atomic E-state index is 12.4. The third-order valence-corrected chi connectivity index (χ3v) is 11.5. The Balaban J connectivity index is 3.47. The van der Waals surface area contributed by atoms with Crippen LogP contribution in [0.2, 0.25) is 0 Å². The molecule has 0 aliphatic carbocycles. The fraction of sp³-hybridized carbons (Fsp3) is 0.979. The maximum atomic E-state index is 12.4. The molecule has 0 radical (unpaired) electrons. The zero-order chi connectivity index (χ0) is 38.0. The van der Waals surface area contributed by atoms with Gasteiger partial charge >= 0.3 is 0 Å². The van der Waals surface area contributed by atoms with Gasteiger partial charge in [-0.15, -0.1) is 0 Å². The zero-order valence-corrected chi connectivity index (χ0v) is 35.5. The summed E-state index contributed by atoms with van der Waals surface area (Å²) in [4.78, 5) is 12.4. The lowest BCUT2D eigenvalue weighted by molar-refractivity contribution is -0.124. The minimum Gasteiger partial charge on any atom is -0.394 e. The van der Waals surface area contributed by atoms with Crippen molar-refractivity contribution in [2.45, 2.75) is 289 Å². The summed E-state index contributed by atoms with van der Waals surface area (Å²) in [5, 5.41) is 33.5. The molecule has 5 nitrogen and oxygen atoms in total. The van der Waals surface area contributed by atoms with Gasteiger partial charge in [-0.1, -0.05) is 251 Å². The van der Waals surface area contributed by atoms with Gasteiger partial charge in [0.25, 0.3) is 0 Å². The molecule has 0 saturated carbocycles. The van der Waals surface area contributed by atoms with Crippen LogP contribution in [0.15, 0.2) is 0 Å². The highest BCUT2D eigenvalue weighted by molar-refractivity contribution is 5.76. The van der Waals surface area contributed by atoms with Crippen LogP contribution in [0.1, 0.15) is 271 Å². The van der Waals surface area contributed by atoms with Crippen LogP contribution in [0.4, 0.5) is 0 Å². The average molecular weight is 738 g/mol. The minimum atomic E-state index is -1.13. The van der Waals surface area contributed by atoms with E-state index in [1.165, 1.54) is 205 Å². The largest absolute Gasteiger partial charge is 0.394 e. The van der Waals surface area contributed by atoms with Crippen LogP contribution >= 0.6 is 0 Å². The second kappa shape index (κ2) is 43.1. The van der Waals surface area contributed by atoms with E-state index in [1.807, 2.05) is 0 Å². The monoisotopic (exact) mass is 738 g/mol. The van der Waals surface area contributed by atoms with Crippen LogP contribution < -0.4 is 5.32 Å². The molecule has 52 heavy (non-hydrogen) atoms. The molecule has 1 amide bonds. The Kier molecular flexibility index (Phi) is 42.5. The number of unbranched alkanes of at least 4 members (excludes halogenated alkanes) is 36. The normalized spacial score (nSPS) is 13.4. The highest BCUT2D eigenvalue weighted by Crippen LogP contribution is 2.17. The molecule has 0 fully saturated rings. The van der Waals surface area contributed by atoms with Crippen molar-refractivity contribution in [3.63, 3.8) is 0 Å². The highest BCUT2D eigenvalue weighted by Gasteiger charge is 2.26. The Morgan fingerprint density at radius 2 is 0.654 bits per heavy atom. The first-order chi connectivity index (χ1) is 25.6. The Labute approximate surface area is 326 Å². The third kappa shape index (κ3) is 37.7. The van der Waals surface area contributed by atoms with E-state index < -0.39 is 18.2 Å². The number of hydrogen-bond acceptors (Lipinski definition) is 4. The molecular formula is C47H95NO4. The molecule has 0 rings (SSSR count). The first kappa shape index (κ1) is 51.4. The SMILES string of the molecule is CCCCCCCCCCCCCCCCCCCCCCCCCCCCCC(=O)NC(CO)C(O)C(O)CCCCCCCCCCCCC. The Bertz CT molecular complexity index is 688. The summed E-state index contributed by atoms with van der Waals surface area (Å²) in [6.07, 6.45) is 49.5. The first-order valence-electron chi connectivity index (χ1n) is 23.8. The van der Waals surface area contributed by atoms with E-state index in [0.29, 0.717) is 12.8 Å². The van der Waals surface area contributed by atoms with Crippen molar-refractivity contribution in [3.8, 4) is 0 Å². The molecule has 0 aliphatic heterocycles. The summed E-state index contributed by atoms with van der Waals surface area (Å²) in [6, 6.07) is -0.802. The Hall–Kier alpha value is -0.650. The van der Waals surface area contributed by atoms with E-state index >= 15 is 0 Å². The molecule has 0 aromatic rings. The van der Waals surface area contributed by atoms with Gasteiger partial charge in [-0.2, -0.15) is 0 Å². The predicted octanol–water partition coefficient (Wildman–Crippen LogP) is 13.8. The van der Waals surface area contributed by atoms with Gasteiger partial charge in [0.15, 0.2) is 0 Å². The number of aliphatic hydroxyl groups is 3. The van der Waals surface area contributed by atoms with Crippen molar-refractivity contribution in [3.05, 3.63) is 0 Å². The molecule has 5 heteroatoms. The van der Waals surface area contributed by atoms with Gasteiger partial charge in [0.2, 0.25) is 5.91 Å². The lowest BCUT2D eigenvalue weighted by atomic mass is 9.99. The minimum absolute atomic E-state index is 0.139. The highest BCUT2D eigenvalue weighted by atomic mass is 16.3. The summed E-state index contributed by atoms with van der Waals surface area (Å²) in [5.41, 5.74) is 0. The van der Waals surface area contributed by atoms with Crippen LogP contribution in [0.5, 0.6) is 0 Å². The number of amides is 1. The van der Waals surface area contributed by atoms with Crippen molar-refractivity contribution < 1.29 is 20.1 Å². The van der Waals surface area contributed by atoms with Crippen LogP contribution in [-0.4, -0.2) is 46.1 Å². The van der Waals surface area contributed by atoms with Gasteiger partial charge in [-0.3, -0.25) is 4.79 Å². The number of rotatable bonds is 44. The standard InChI is InChI=1S/C47H95NO4/c1-3-5-7-9-11-13-15-16-17-18-19-20-21-22-23-24-25-26-27-28-29-30-32-34-36-38-40-42-46(51)48-44(43-49)47(52)45(50)41-39-37-35-33-31-14-12-10-8-6-4-2/h44-45,47,49-50,52H,3-43H2,1-2H3,(H,48,51). The summed E-state index contributed by atoms with van der Waals surface area (Å²) < 4.78 is 0. The fourth-order valence-corrected chi connectivity index (χ4v) is 7.75. The van der Waals surface area contributed by atoms with Crippen molar-refractivity contribution in [1.29, 1.82) is 0 Å². The van der Waals surface area contributed by atoms with Crippen LogP contribution in [-0.2, 0) is 4.79 Å². The summed E-state index contributed by atoms with van der Waals surface area (Å²) >= 11 is 0. The molecule has 0 heterocycles. The Morgan fingerprint density at radius 1 is 0.404 bits per heavy atom. The molecule has 0 aromatic heterocycles. The maximum Gasteiger partial charge on any atom is 0.220 e. The fourth-order valence-electron chi connectivity index (χ4n) is 7.75. The number of aliphatic hydroxyl groups excluding tert-OH is 3. The summed E-state index contributed by atoms with van der Waals surface area (Å²) in [5.74, 6) is -0.139. The van der Waals surface area contributed by atoms with Crippen LogP contribution in [0.3, 0.4) is 0 Å². The van der Waals surface area contributed by atoms with E-state index in [-0.39, 0.29) is 12.5 Å². The van der Waals surface area contributed by atoms with E-state index in [9.17, 15) is 20.1 Å². The predicted molar refractivity (Wildman–Crippen MR) is 227 cm³/mol. The van der Waals surface area contributed by atoms with Crippen molar-refractivity contribution in [2.75, 3.05) is 6.61 Å². The van der Waals surface area contributed by atoms with E-state index in [0.717, 1.165) is 38.5 Å². The van der Waals surface area contributed by atoms with Crippen LogP contribution in [0, 0.1) is 0 Å². The molecule has 312 valence electrons. The Morgan fingerprint density at radius 3 is 0.923 bits per heavy atom. The molecule has 0 saturated heterocycles. The molecular weight excluding hydrogens is 643 g/mol. The third-order valence-electron chi connectivity index (χ3n) is 11.5. The van der Waals surface area contributed by atoms with Gasteiger partial charge in [-0.25, -0.2) is 0 Å². The number of carbonyl (C=O) groups excluding carboxylic acids is 1. The second-order valence-corrected chi connectivity index (χ2v) is 16.7. The molecule has 0 aromatic carbocycles. The van der Waals surface area contributed by atoms with Gasteiger partial charge in [-0.05, 0) is 12.8 Å². The van der Waals surface area contributed by atoms with Gasteiger partial charge in [0.1, 0.15) is 6.10 Å². The van der Waals surface area contributed by atoms with Crippen LogP contribution in [0.25, 0.3) is 0 Å². The molecule has 0 bridgehead atoms. The van der Waals surface area contributed by atoms with Crippen molar-refractivity contribution >= 4 is 5.91 Å². The number of nitrogens with one attached hydrogen (secondary N) is 1.